The van der Waals surface area contributed by atoms with Crippen molar-refractivity contribution in [3.8, 4) is 6.07 Å². The number of alkyl halides is 3. The number of halogens is 3. The number of hydrogen-bond acceptors (Lipinski definition) is 6. The lowest BCUT2D eigenvalue weighted by Gasteiger charge is -2.45. The number of carbonyl (C=O) groups is 3. The number of Topliss-reactive ketones (excluding diaryl/α,β-unsaturated/α-hetero) is 1. The number of ketones is 1. The van der Waals surface area contributed by atoms with Gasteiger partial charge in [-0.25, -0.2) is 13.2 Å². The van der Waals surface area contributed by atoms with Gasteiger partial charge in [0, 0.05) is 23.9 Å². The predicted octanol–water partition coefficient (Wildman–Crippen LogP) is 4.06. The molecule has 0 bridgehead atoms. The molecule has 0 radical (unpaired) electrons. The van der Waals surface area contributed by atoms with E-state index in [-0.39, 0.29) is 52.2 Å². The number of carboxylic acids is 1. The summed E-state index contributed by atoms with van der Waals surface area (Å²) in [6.07, 6.45) is -3.48. The molecule has 2 amide bonds. The van der Waals surface area contributed by atoms with E-state index in [0.717, 1.165) is 40.3 Å². The number of aliphatic carboxylic acids is 1. The molecule has 0 saturated carbocycles. The quantitative estimate of drug-likeness (QED) is 0.596. The van der Waals surface area contributed by atoms with Crippen molar-refractivity contribution in [1.29, 1.82) is 5.26 Å². The van der Waals surface area contributed by atoms with Gasteiger partial charge < -0.3 is 10.0 Å². The molecule has 0 aromatic heterocycles. The van der Waals surface area contributed by atoms with E-state index in [0.29, 0.717) is 0 Å². The number of anilines is 1. The van der Waals surface area contributed by atoms with Gasteiger partial charge in [0.2, 0.25) is 0 Å². The first kappa shape index (κ1) is 26.9. The second-order valence-corrected chi connectivity index (χ2v) is 10.8. The molecule has 38 heavy (non-hydrogen) atoms. The van der Waals surface area contributed by atoms with Crippen molar-refractivity contribution in [2.24, 2.45) is 0 Å². The van der Waals surface area contributed by atoms with Gasteiger partial charge in [0.05, 0.1) is 33.8 Å². The number of amides is 2. The second kappa shape index (κ2) is 9.60. The number of urea groups is 1. The Morgan fingerprint density at radius 1 is 1.16 bits per heavy atom. The molecule has 13 heteroatoms. The number of sulfone groups is 1. The molecule has 0 fully saturated rings. The average molecular weight is 548 g/mol. The van der Waals surface area contributed by atoms with Crippen molar-refractivity contribution in [2.45, 2.75) is 36.4 Å². The fraction of sp³-hybridized carbons (Fsp3) is 0.280. The topological polar surface area (TPSA) is 136 Å². The maximum atomic E-state index is 13.8. The Bertz CT molecular complexity index is 1540. The number of carboxylic acid groups (broad SMARTS) is 1. The molecule has 0 spiro atoms. The highest BCUT2D eigenvalue weighted by molar-refractivity contribution is 7.90. The summed E-state index contributed by atoms with van der Waals surface area (Å²) < 4.78 is 65.7. The molecule has 0 saturated heterocycles. The van der Waals surface area contributed by atoms with E-state index in [9.17, 15) is 46.3 Å². The minimum Gasteiger partial charge on any atom is -0.480 e. The van der Waals surface area contributed by atoms with Crippen molar-refractivity contribution in [3.05, 3.63) is 70.4 Å². The van der Waals surface area contributed by atoms with Crippen LogP contribution in [0.5, 0.6) is 0 Å². The summed E-state index contributed by atoms with van der Waals surface area (Å²) in [6, 6.07) is 6.78. The van der Waals surface area contributed by atoms with Crippen molar-refractivity contribution >= 4 is 33.3 Å². The molecule has 1 aliphatic heterocycles. The number of rotatable bonds is 5. The van der Waals surface area contributed by atoms with Crippen LogP contribution in [0.2, 0.25) is 0 Å². The van der Waals surface area contributed by atoms with Gasteiger partial charge in [-0.1, -0.05) is 12.1 Å². The standard InChI is InChI=1S/C25H20F3N3O6S/c1-38(36,37)20-10-14(12-29)8-9-17(20)23-22-18(6-3-7-19(22)32)31(24(35)30(23)13-21(33)34)16-5-2-4-15(11-16)25(26,27)28/h2,4-5,8-11,23H,3,6-7,13H2,1H3,(H,33,34). The minimum atomic E-state index is -4.73. The fourth-order valence-electron chi connectivity index (χ4n) is 4.77. The summed E-state index contributed by atoms with van der Waals surface area (Å²) in [5, 5.41) is 18.9. The lowest BCUT2D eigenvalue weighted by atomic mass is 9.83. The molecule has 2 aromatic rings. The Hall–Kier alpha value is -4.18. The molecular formula is C25H20F3N3O6S. The van der Waals surface area contributed by atoms with E-state index in [1.54, 1.807) is 0 Å². The Labute approximate surface area is 215 Å². The molecule has 2 aromatic carbocycles. The summed E-state index contributed by atoms with van der Waals surface area (Å²) in [6.45, 7) is -0.980. The molecule has 9 nitrogen and oxygen atoms in total. The fourth-order valence-corrected chi connectivity index (χ4v) is 5.71. The van der Waals surface area contributed by atoms with Crippen LogP contribution in [-0.4, -0.2) is 49.0 Å². The van der Waals surface area contributed by atoms with Crippen LogP contribution < -0.4 is 4.90 Å². The Balaban J connectivity index is 2.04. The van der Waals surface area contributed by atoms with E-state index in [2.05, 4.69) is 0 Å². The van der Waals surface area contributed by atoms with Crippen LogP contribution >= 0.6 is 0 Å². The van der Waals surface area contributed by atoms with Crippen LogP contribution in [0.4, 0.5) is 23.7 Å². The van der Waals surface area contributed by atoms with Gasteiger partial charge in [-0.2, -0.15) is 18.4 Å². The third-order valence-electron chi connectivity index (χ3n) is 6.29. The molecule has 1 heterocycles. The number of nitrogens with zero attached hydrogens (tertiary/aromatic N) is 3. The molecule has 1 aliphatic carbocycles. The smallest absolute Gasteiger partial charge is 0.416 e. The van der Waals surface area contributed by atoms with E-state index in [1.165, 1.54) is 18.2 Å². The van der Waals surface area contributed by atoms with Gasteiger partial charge in [0.25, 0.3) is 0 Å². The zero-order chi connectivity index (χ0) is 28.0. The van der Waals surface area contributed by atoms with Crippen LogP contribution in [0.25, 0.3) is 0 Å². The van der Waals surface area contributed by atoms with Crippen LogP contribution in [-0.2, 0) is 25.6 Å². The van der Waals surface area contributed by atoms with Crippen LogP contribution in [0.3, 0.4) is 0 Å². The molecular weight excluding hydrogens is 527 g/mol. The van der Waals surface area contributed by atoms with E-state index >= 15 is 0 Å². The molecule has 1 atom stereocenters. The predicted molar refractivity (Wildman–Crippen MR) is 127 cm³/mol. The number of hydrogen-bond donors (Lipinski definition) is 1. The molecule has 1 N–H and O–H groups in total. The second-order valence-electron chi connectivity index (χ2n) is 8.86. The van der Waals surface area contributed by atoms with Crippen molar-refractivity contribution < 1.29 is 41.1 Å². The highest BCUT2D eigenvalue weighted by atomic mass is 32.2. The molecule has 2 aliphatic rings. The first-order valence-electron chi connectivity index (χ1n) is 11.2. The minimum absolute atomic E-state index is 0.00531. The largest absolute Gasteiger partial charge is 0.480 e. The van der Waals surface area contributed by atoms with Gasteiger partial charge in [-0.3, -0.25) is 14.5 Å². The SMILES string of the molecule is CS(=O)(=O)c1cc(C#N)ccc1C1C2=C(CCCC2=O)N(c2cccc(C(F)(F)F)c2)C(=O)N1CC(=O)O. The average Bonchev–Trinajstić information content (AvgIpc) is 2.83. The third-order valence-corrected chi connectivity index (χ3v) is 7.45. The number of allylic oxidation sites excluding steroid dienone is 1. The van der Waals surface area contributed by atoms with Gasteiger partial charge in [0.1, 0.15) is 6.54 Å². The van der Waals surface area contributed by atoms with Crippen molar-refractivity contribution in [1.82, 2.24) is 4.90 Å². The number of nitriles is 1. The normalized spacial score (nSPS) is 18.3. The van der Waals surface area contributed by atoms with Crippen molar-refractivity contribution in [2.75, 3.05) is 17.7 Å². The van der Waals surface area contributed by atoms with Crippen molar-refractivity contribution in [3.63, 3.8) is 0 Å². The maximum Gasteiger partial charge on any atom is 0.416 e. The summed E-state index contributed by atoms with van der Waals surface area (Å²) in [7, 11) is -4.04. The van der Waals surface area contributed by atoms with E-state index in [4.69, 9.17) is 0 Å². The van der Waals surface area contributed by atoms with E-state index < -0.39 is 51.9 Å². The van der Waals surface area contributed by atoms with Crippen LogP contribution in [0.1, 0.15) is 42.0 Å². The summed E-state index contributed by atoms with van der Waals surface area (Å²) in [4.78, 5) is 40.2. The summed E-state index contributed by atoms with van der Waals surface area (Å²) >= 11 is 0. The summed E-state index contributed by atoms with van der Waals surface area (Å²) in [5.74, 6) is -1.99. The van der Waals surface area contributed by atoms with Gasteiger partial charge in [-0.15, -0.1) is 0 Å². The highest BCUT2D eigenvalue weighted by Crippen LogP contribution is 2.46. The lowest BCUT2D eigenvalue weighted by molar-refractivity contribution is -0.138. The zero-order valence-corrected chi connectivity index (χ0v) is 20.6. The number of benzene rings is 2. The van der Waals surface area contributed by atoms with E-state index in [1.807, 2.05) is 6.07 Å². The highest BCUT2D eigenvalue weighted by Gasteiger charge is 2.46. The van der Waals surface area contributed by atoms with Crippen LogP contribution in [0.15, 0.2) is 58.6 Å². The third kappa shape index (κ3) is 4.87. The molecule has 198 valence electrons. The Morgan fingerprint density at radius 2 is 1.87 bits per heavy atom. The Kier molecular flexibility index (Phi) is 6.79. The van der Waals surface area contributed by atoms with Gasteiger partial charge in [-0.05, 0) is 48.7 Å². The van der Waals surface area contributed by atoms with Gasteiger partial charge in [0.15, 0.2) is 15.6 Å². The lowest BCUT2D eigenvalue weighted by Crippen LogP contribution is -2.53. The first-order chi connectivity index (χ1) is 17.7. The van der Waals surface area contributed by atoms with Gasteiger partial charge >= 0.3 is 18.2 Å². The zero-order valence-electron chi connectivity index (χ0n) is 19.8. The monoisotopic (exact) mass is 547 g/mol. The van der Waals surface area contributed by atoms with Crippen LogP contribution in [0, 0.1) is 11.3 Å². The molecule has 1 unspecified atom stereocenters. The Morgan fingerprint density at radius 3 is 2.47 bits per heavy atom. The maximum absolute atomic E-state index is 13.8. The molecule has 4 rings (SSSR count). The summed E-state index contributed by atoms with van der Waals surface area (Å²) in [5.41, 5.74) is -1.39. The number of carbonyl (C=O) groups excluding carboxylic acids is 2. The first-order valence-corrected chi connectivity index (χ1v) is 13.1.